The van der Waals surface area contributed by atoms with Crippen molar-refractivity contribution in [1.29, 1.82) is 0 Å². The van der Waals surface area contributed by atoms with Crippen LogP contribution in [0, 0.1) is 10.1 Å². The smallest absolute Gasteiger partial charge is 0.390 e. The topological polar surface area (TPSA) is 123 Å². The van der Waals surface area contributed by atoms with E-state index in [4.69, 9.17) is 11.6 Å². The maximum Gasteiger partial charge on any atom is 0.490 e. The second-order valence-electron chi connectivity index (χ2n) is 5.22. The number of anilines is 1. The summed E-state index contributed by atoms with van der Waals surface area (Å²) in [6.07, 6.45) is 1.09. The minimum atomic E-state index is -0.750. The molecule has 1 heterocycles. The Labute approximate surface area is 153 Å². The first-order valence-corrected chi connectivity index (χ1v) is 8.16. The summed E-state index contributed by atoms with van der Waals surface area (Å²) < 4.78 is 1.05. The van der Waals surface area contributed by atoms with Crippen molar-refractivity contribution in [2.45, 2.75) is 20.4 Å². The van der Waals surface area contributed by atoms with Gasteiger partial charge < -0.3 is 20.3 Å². The van der Waals surface area contributed by atoms with Gasteiger partial charge in [-0.1, -0.05) is 16.6 Å². The molecule has 0 aliphatic rings. The SMILES string of the molecule is CCN(CC)C(=O)c1ccc(NC(=O)Cn2cnc([N+](=O)[O-])n2)cc1Cl. The molecule has 0 aliphatic carbocycles. The van der Waals surface area contributed by atoms with Crippen LogP contribution in [0.25, 0.3) is 0 Å². The standard InChI is InChI=1S/C15H17ClN6O4/c1-3-20(4-2)14(24)11-6-5-10(7-12(11)16)18-13(23)8-21-9-17-15(19-21)22(25)26/h5-7,9H,3-4,8H2,1-2H3,(H,18,23). The fraction of sp³-hybridized carbons (Fsp3) is 0.333. The molecule has 1 aromatic carbocycles. The van der Waals surface area contributed by atoms with Crippen molar-refractivity contribution in [3.63, 3.8) is 0 Å². The fourth-order valence-corrected chi connectivity index (χ4v) is 2.50. The summed E-state index contributed by atoms with van der Waals surface area (Å²) in [6, 6.07) is 4.57. The summed E-state index contributed by atoms with van der Waals surface area (Å²) in [5, 5.41) is 16.9. The number of benzene rings is 1. The van der Waals surface area contributed by atoms with E-state index in [0.29, 0.717) is 24.3 Å². The molecule has 0 fully saturated rings. The average molecular weight is 381 g/mol. The summed E-state index contributed by atoms with van der Waals surface area (Å²) in [4.78, 5) is 39.2. The summed E-state index contributed by atoms with van der Waals surface area (Å²) >= 11 is 6.16. The lowest BCUT2D eigenvalue weighted by Gasteiger charge is -2.19. The Balaban J connectivity index is 2.05. The highest BCUT2D eigenvalue weighted by Crippen LogP contribution is 2.22. The van der Waals surface area contributed by atoms with Gasteiger partial charge in [0.1, 0.15) is 6.54 Å². The largest absolute Gasteiger partial charge is 0.490 e. The molecule has 0 saturated carbocycles. The molecule has 0 bridgehead atoms. The fourth-order valence-electron chi connectivity index (χ4n) is 2.24. The van der Waals surface area contributed by atoms with Gasteiger partial charge in [-0.2, -0.15) is 4.68 Å². The number of rotatable bonds is 7. The Morgan fingerprint density at radius 2 is 2.04 bits per heavy atom. The zero-order valence-electron chi connectivity index (χ0n) is 14.2. The van der Waals surface area contributed by atoms with E-state index in [-0.39, 0.29) is 17.5 Å². The predicted octanol–water partition coefficient (Wildman–Crippen LogP) is 1.96. The molecule has 2 amide bonds. The zero-order valence-corrected chi connectivity index (χ0v) is 14.9. The van der Waals surface area contributed by atoms with Crippen LogP contribution >= 0.6 is 11.6 Å². The second kappa shape index (κ2) is 8.39. The van der Waals surface area contributed by atoms with Crippen LogP contribution in [0.1, 0.15) is 24.2 Å². The maximum atomic E-state index is 12.3. The van der Waals surface area contributed by atoms with Crippen molar-refractivity contribution in [2.24, 2.45) is 0 Å². The lowest BCUT2D eigenvalue weighted by atomic mass is 10.1. The highest BCUT2D eigenvalue weighted by atomic mass is 35.5. The van der Waals surface area contributed by atoms with E-state index in [1.165, 1.54) is 6.07 Å². The third-order valence-corrected chi connectivity index (χ3v) is 3.84. The third kappa shape index (κ3) is 4.54. The van der Waals surface area contributed by atoms with Crippen molar-refractivity contribution < 1.29 is 14.5 Å². The molecular formula is C15H17ClN6O4. The van der Waals surface area contributed by atoms with E-state index in [1.54, 1.807) is 17.0 Å². The molecule has 0 unspecified atom stereocenters. The predicted molar refractivity (Wildman–Crippen MR) is 94.0 cm³/mol. The van der Waals surface area contributed by atoms with Gasteiger partial charge in [0.2, 0.25) is 12.2 Å². The van der Waals surface area contributed by atoms with Crippen LogP contribution in [0.2, 0.25) is 5.02 Å². The first-order chi connectivity index (χ1) is 12.3. The Kier molecular flexibility index (Phi) is 6.23. The molecule has 10 nitrogen and oxygen atoms in total. The van der Waals surface area contributed by atoms with Crippen LogP contribution in [-0.4, -0.2) is 49.5 Å². The van der Waals surface area contributed by atoms with Gasteiger partial charge >= 0.3 is 5.95 Å². The van der Waals surface area contributed by atoms with Gasteiger partial charge in [-0.25, -0.2) is 0 Å². The molecule has 0 aliphatic heterocycles. The molecule has 2 aromatic rings. The quantitative estimate of drug-likeness (QED) is 0.578. The summed E-state index contributed by atoms with van der Waals surface area (Å²) in [7, 11) is 0. The molecule has 1 aromatic heterocycles. The van der Waals surface area contributed by atoms with Crippen LogP contribution in [0.4, 0.5) is 11.6 Å². The van der Waals surface area contributed by atoms with Crippen LogP contribution in [0.15, 0.2) is 24.5 Å². The number of amides is 2. The molecule has 0 radical (unpaired) electrons. The molecule has 0 atom stereocenters. The molecular weight excluding hydrogens is 364 g/mol. The Hall–Kier alpha value is -3.01. The minimum absolute atomic E-state index is 0.187. The van der Waals surface area contributed by atoms with Gasteiger partial charge in [0.25, 0.3) is 5.91 Å². The highest BCUT2D eigenvalue weighted by molar-refractivity contribution is 6.34. The number of aromatic nitrogens is 3. The van der Waals surface area contributed by atoms with Gasteiger partial charge in [0.05, 0.1) is 10.6 Å². The first kappa shape index (κ1) is 19.3. The number of carbonyl (C=O) groups is 2. The van der Waals surface area contributed by atoms with Crippen LogP contribution in [0.5, 0.6) is 0 Å². The van der Waals surface area contributed by atoms with Crippen LogP contribution in [-0.2, 0) is 11.3 Å². The molecule has 26 heavy (non-hydrogen) atoms. The molecule has 138 valence electrons. The Morgan fingerprint density at radius 3 is 2.58 bits per heavy atom. The van der Waals surface area contributed by atoms with Crippen molar-refractivity contribution in [2.75, 3.05) is 18.4 Å². The summed E-state index contributed by atoms with van der Waals surface area (Å²) in [6.45, 7) is 4.62. The molecule has 0 saturated heterocycles. The summed E-state index contributed by atoms with van der Waals surface area (Å²) in [5.74, 6) is -1.24. The lowest BCUT2D eigenvalue weighted by Crippen LogP contribution is -2.30. The van der Waals surface area contributed by atoms with Crippen molar-refractivity contribution in [3.8, 4) is 0 Å². The number of nitrogens with zero attached hydrogens (tertiary/aromatic N) is 5. The maximum absolute atomic E-state index is 12.3. The van der Waals surface area contributed by atoms with Gasteiger partial charge in [0.15, 0.2) is 0 Å². The zero-order chi connectivity index (χ0) is 19.3. The average Bonchev–Trinajstić information content (AvgIpc) is 3.04. The van der Waals surface area contributed by atoms with Crippen LogP contribution < -0.4 is 5.32 Å². The van der Waals surface area contributed by atoms with Crippen molar-refractivity contribution in [1.82, 2.24) is 19.7 Å². The molecule has 2 rings (SSSR count). The van der Waals surface area contributed by atoms with E-state index in [2.05, 4.69) is 15.4 Å². The van der Waals surface area contributed by atoms with E-state index in [1.807, 2.05) is 13.8 Å². The van der Waals surface area contributed by atoms with Gasteiger partial charge in [-0.05, 0) is 37.0 Å². The molecule has 0 spiro atoms. The van der Waals surface area contributed by atoms with Gasteiger partial charge in [-0.15, -0.1) is 0 Å². The van der Waals surface area contributed by atoms with Gasteiger partial charge in [0, 0.05) is 23.9 Å². The Bertz CT molecular complexity index is 833. The van der Waals surface area contributed by atoms with Crippen molar-refractivity contribution in [3.05, 3.63) is 45.2 Å². The Morgan fingerprint density at radius 1 is 1.35 bits per heavy atom. The minimum Gasteiger partial charge on any atom is -0.390 e. The van der Waals surface area contributed by atoms with E-state index < -0.39 is 16.8 Å². The molecule has 11 heteroatoms. The van der Waals surface area contributed by atoms with Gasteiger partial charge in [-0.3, -0.25) is 9.59 Å². The normalized spacial score (nSPS) is 10.4. The monoisotopic (exact) mass is 380 g/mol. The number of halogens is 1. The lowest BCUT2D eigenvalue weighted by molar-refractivity contribution is -0.394. The first-order valence-electron chi connectivity index (χ1n) is 7.78. The number of nitrogens with one attached hydrogen (secondary N) is 1. The number of carbonyl (C=O) groups excluding carboxylic acids is 2. The number of hydrogen-bond acceptors (Lipinski definition) is 6. The highest BCUT2D eigenvalue weighted by Gasteiger charge is 2.18. The summed E-state index contributed by atoms with van der Waals surface area (Å²) in [5.41, 5.74) is 0.742. The third-order valence-electron chi connectivity index (χ3n) is 3.53. The number of nitro groups is 1. The second-order valence-corrected chi connectivity index (χ2v) is 5.63. The number of hydrogen-bond donors (Lipinski definition) is 1. The van der Waals surface area contributed by atoms with E-state index in [0.717, 1.165) is 11.0 Å². The van der Waals surface area contributed by atoms with E-state index >= 15 is 0 Å². The van der Waals surface area contributed by atoms with Crippen LogP contribution in [0.3, 0.4) is 0 Å². The van der Waals surface area contributed by atoms with E-state index in [9.17, 15) is 19.7 Å². The van der Waals surface area contributed by atoms with Crippen molar-refractivity contribution >= 4 is 35.1 Å². The molecule has 1 N–H and O–H groups in total.